The first-order valence-corrected chi connectivity index (χ1v) is 5.24. The molecule has 0 saturated carbocycles. The maximum absolute atomic E-state index is 10.8. The van der Waals surface area contributed by atoms with Crippen molar-refractivity contribution in [3.8, 4) is 0 Å². The highest BCUT2D eigenvalue weighted by Gasteiger charge is 2.12. The minimum absolute atomic E-state index is 0.00651. The van der Waals surface area contributed by atoms with Gasteiger partial charge in [0.15, 0.2) is 5.82 Å². The molecular weight excluding hydrogens is 242 g/mol. The van der Waals surface area contributed by atoms with Crippen LogP contribution in [0.1, 0.15) is 15.9 Å². The number of nitrogens with zero attached hydrogens (tertiary/aromatic N) is 2. The zero-order valence-electron chi connectivity index (χ0n) is 8.80. The van der Waals surface area contributed by atoms with Gasteiger partial charge in [0.25, 0.3) is 0 Å². The Bertz CT molecular complexity index is 566. The maximum Gasteiger partial charge on any atom is 0.341 e. The Morgan fingerprint density at radius 2 is 2.29 bits per heavy atom. The molecule has 1 heterocycles. The Hall–Kier alpha value is -2.01. The van der Waals surface area contributed by atoms with Gasteiger partial charge in [0.05, 0.1) is 6.54 Å². The van der Waals surface area contributed by atoms with E-state index >= 15 is 0 Å². The van der Waals surface area contributed by atoms with Gasteiger partial charge in [0, 0.05) is 11.2 Å². The smallest absolute Gasteiger partial charge is 0.341 e. The van der Waals surface area contributed by atoms with Crippen molar-refractivity contribution in [2.75, 3.05) is 5.73 Å². The quantitative estimate of drug-likeness (QED) is 0.873. The van der Waals surface area contributed by atoms with Gasteiger partial charge in [0.1, 0.15) is 5.56 Å². The molecule has 2 aromatic rings. The van der Waals surface area contributed by atoms with Crippen LogP contribution >= 0.6 is 11.6 Å². The van der Waals surface area contributed by atoms with Crippen LogP contribution < -0.4 is 5.73 Å². The molecule has 17 heavy (non-hydrogen) atoms. The largest absolute Gasteiger partial charge is 0.477 e. The third-order valence-corrected chi connectivity index (χ3v) is 2.49. The number of anilines is 1. The zero-order chi connectivity index (χ0) is 12.4. The summed E-state index contributed by atoms with van der Waals surface area (Å²) in [5.41, 5.74) is 6.42. The summed E-state index contributed by atoms with van der Waals surface area (Å²) >= 11 is 5.85. The van der Waals surface area contributed by atoms with Crippen LogP contribution in [0.2, 0.25) is 5.02 Å². The summed E-state index contributed by atoms with van der Waals surface area (Å²) in [6.07, 6.45) is 1.40. The van der Waals surface area contributed by atoms with Crippen LogP contribution in [0.3, 0.4) is 0 Å². The van der Waals surface area contributed by atoms with Gasteiger partial charge < -0.3 is 10.8 Å². The zero-order valence-corrected chi connectivity index (χ0v) is 9.55. The lowest BCUT2D eigenvalue weighted by Gasteiger charge is -2.01. The number of benzene rings is 1. The number of hydrogen-bond acceptors (Lipinski definition) is 3. The Balaban J connectivity index is 2.25. The summed E-state index contributed by atoms with van der Waals surface area (Å²) < 4.78 is 1.48. The van der Waals surface area contributed by atoms with Crippen LogP contribution in [0.4, 0.5) is 5.82 Å². The Kier molecular flexibility index (Phi) is 3.01. The van der Waals surface area contributed by atoms with Crippen LogP contribution in [0.15, 0.2) is 30.5 Å². The molecule has 0 bridgehead atoms. The first-order valence-electron chi connectivity index (χ1n) is 4.87. The van der Waals surface area contributed by atoms with Gasteiger partial charge in [-0.2, -0.15) is 5.10 Å². The second-order valence-electron chi connectivity index (χ2n) is 3.56. The molecular formula is C11H10ClN3O2. The molecule has 0 spiro atoms. The lowest BCUT2D eigenvalue weighted by Crippen LogP contribution is -2.00. The van der Waals surface area contributed by atoms with E-state index in [4.69, 9.17) is 22.4 Å². The van der Waals surface area contributed by atoms with Gasteiger partial charge in [-0.1, -0.05) is 23.7 Å². The molecule has 0 aliphatic heterocycles. The summed E-state index contributed by atoms with van der Waals surface area (Å²) in [6, 6.07) is 7.26. The van der Waals surface area contributed by atoms with Gasteiger partial charge in [-0.25, -0.2) is 4.79 Å². The number of rotatable bonds is 3. The fourth-order valence-corrected chi connectivity index (χ4v) is 1.72. The number of halogens is 1. The van der Waals surface area contributed by atoms with Gasteiger partial charge in [-0.05, 0) is 17.7 Å². The average Bonchev–Trinajstić information content (AvgIpc) is 2.59. The second-order valence-corrected chi connectivity index (χ2v) is 4.00. The van der Waals surface area contributed by atoms with Crippen molar-refractivity contribution in [1.29, 1.82) is 0 Å². The summed E-state index contributed by atoms with van der Waals surface area (Å²) in [4.78, 5) is 10.8. The summed E-state index contributed by atoms with van der Waals surface area (Å²) in [5, 5.41) is 13.4. The minimum atomic E-state index is -1.08. The van der Waals surface area contributed by atoms with Crippen LogP contribution in [0.25, 0.3) is 0 Å². The number of carbonyl (C=O) groups is 1. The number of hydrogen-bond donors (Lipinski definition) is 2. The van der Waals surface area contributed by atoms with E-state index in [9.17, 15) is 4.79 Å². The lowest BCUT2D eigenvalue weighted by molar-refractivity contribution is 0.0698. The molecule has 0 aliphatic rings. The third kappa shape index (κ3) is 2.57. The molecule has 88 valence electrons. The number of nitrogen functional groups attached to an aromatic ring is 1. The molecule has 6 heteroatoms. The predicted molar refractivity (Wildman–Crippen MR) is 64.2 cm³/mol. The highest BCUT2D eigenvalue weighted by molar-refractivity contribution is 6.30. The average molecular weight is 252 g/mol. The van der Waals surface area contributed by atoms with E-state index in [-0.39, 0.29) is 11.4 Å². The van der Waals surface area contributed by atoms with Crippen molar-refractivity contribution < 1.29 is 9.90 Å². The van der Waals surface area contributed by atoms with Crippen molar-refractivity contribution in [3.63, 3.8) is 0 Å². The fourth-order valence-electron chi connectivity index (χ4n) is 1.50. The van der Waals surface area contributed by atoms with E-state index in [0.717, 1.165) is 5.56 Å². The first kappa shape index (κ1) is 11.5. The van der Waals surface area contributed by atoms with Crippen molar-refractivity contribution in [2.45, 2.75) is 6.54 Å². The Morgan fingerprint density at radius 1 is 1.53 bits per heavy atom. The van der Waals surface area contributed by atoms with Crippen molar-refractivity contribution in [3.05, 3.63) is 46.6 Å². The van der Waals surface area contributed by atoms with Crippen molar-refractivity contribution in [1.82, 2.24) is 9.78 Å². The lowest BCUT2D eigenvalue weighted by atomic mass is 10.2. The highest BCUT2D eigenvalue weighted by Crippen LogP contribution is 2.14. The predicted octanol–water partition coefficient (Wildman–Crippen LogP) is 1.87. The van der Waals surface area contributed by atoms with E-state index < -0.39 is 5.97 Å². The van der Waals surface area contributed by atoms with Crippen molar-refractivity contribution >= 4 is 23.4 Å². The minimum Gasteiger partial charge on any atom is -0.477 e. The van der Waals surface area contributed by atoms with E-state index in [0.29, 0.717) is 11.6 Å². The highest BCUT2D eigenvalue weighted by atomic mass is 35.5. The fraction of sp³-hybridized carbons (Fsp3) is 0.0909. The summed E-state index contributed by atoms with van der Waals surface area (Å²) in [7, 11) is 0. The Labute approximate surface area is 102 Å². The van der Waals surface area contributed by atoms with Gasteiger partial charge in [-0.15, -0.1) is 0 Å². The van der Waals surface area contributed by atoms with Gasteiger partial charge >= 0.3 is 5.97 Å². The number of aromatic carboxylic acids is 1. The molecule has 0 atom stereocenters. The number of carboxylic acids is 1. The molecule has 3 N–H and O–H groups in total. The van der Waals surface area contributed by atoms with Gasteiger partial charge in [-0.3, -0.25) is 4.68 Å². The normalized spacial score (nSPS) is 10.4. The molecule has 5 nitrogen and oxygen atoms in total. The van der Waals surface area contributed by atoms with E-state index in [2.05, 4.69) is 5.10 Å². The standard InChI is InChI=1S/C11H10ClN3O2/c12-8-3-1-2-7(4-8)5-15-6-9(11(16)17)10(13)14-15/h1-4,6H,5H2,(H2,13,14)(H,16,17). The van der Waals surface area contributed by atoms with E-state index in [1.807, 2.05) is 12.1 Å². The summed E-state index contributed by atoms with van der Waals surface area (Å²) in [5.74, 6) is -1.07. The van der Waals surface area contributed by atoms with E-state index in [1.165, 1.54) is 10.9 Å². The van der Waals surface area contributed by atoms with Gasteiger partial charge in [0.2, 0.25) is 0 Å². The molecule has 1 aromatic carbocycles. The summed E-state index contributed by atoms with van der Waals surface area (Å²) in [6.45, 7) is 0.429. The molecule has 1 aromatic heterocycles. The molecule has 0 unspecified atom stereocenters. The van der Waals surface area contributed by atoms with Crippen LogP contribution in [-0.2, 0) is 6.54 Å². The van der Waals surface area contributed by atoms with Crippen LogP contribution in [0.5, 0.6) is 0 Å². The number of nitrogens with two attached hydrogens (primary N) is 1. The molecule has 0 aliphatic carbocycles. The molecule has 0 saturated heterocycles. The molecule has 0 amide bonds. The molecule has 0 radical (unpaired) electrons. The monoisotopic (exact) mass is 251 g/mol. The molecule has 2 rings (SSSR count). The molecule has 0 fully saturated rings. The Morgan fingerprint density at radius 3 is 2.88 bits per heavy atom. The SMILES string of the molecule is Nc1nn(Cc2cccc(Cl)c2)cc1C(=O)O. The topological polar surface area (TPSA) is 81.1 Å². The number of aromatic nitrogens is 2. The van der Waals surface area contributed by atoms with E-state index in [1.54, 1.807) is 12.1 Å². The third-order valence-electron chi connectivity index (χ3n) is 2.25. The van der Waals surface area contributed by atoms with Crippen LogP contribution in [-0.4, -0.2) is 20.9 Å². The number of carboxylic acid groups (broad SMARTS) is 1. The van der Waals surface area contributed by atoms with Crippen LogP contribution in [0, 0.1) is 0 Å². The first-order chi connectivity index (χ1) is 8.06. The second kappa shape index (κ2) is 4.47. The maximum atomic E-state index is 10.8. The van der Waals surface area contributed by atoms with Crippen molar-refractivity contribution in [2.24, 2.45) is 0 Å².